The molecule has 0 saturated carbocycles. The summed E-state index contributed by atoms with van der Waals surface area (Å²) in [5, 5.41) is 12.8. The maximum Gasteiger partial charge on any atom is 0.322 e. The number of hydrogen-bond donors (Lipinski definition) is 1. The summed E-state index contributed by atoms with van der Waals surface area (Å²) < 4.78 is 7.17. The summed E-state index contributed by atoms with van der Waals surface area (Å²) in [5.41, 5.74) is 1.43. The highest BCUT2D eigenvalue weighted by molar-refractivity contribution is 6.02. The number of carbonyl (C=O) groups excluding carboxylic acids is 1. The molecule has 0 radical (unpaired) electrons. The Bertz CT molecular complexity index is 1020. The molecule has 0 aliphatic carbocycles. The van der Waals surface area contributed by atoms with E-state index in [9.17, 15) is 4.79 Å². The fourth-order valence-electron chi connectivity index (χ4n) is 2.57. The number of hydrogen-bond acceptors (Lipinski definition) is 4. The van der Waals surface area contributed by atoms with Gasteiger partial charge in [0.1, 0.15) is 0 Å². The Morgan fingerprint density at radius 1 is 1.00 bits per heavy atom. The van der Waals surface area contributed by atoms with Crippen LogP contribution >= 0.6 is 0 Å². The molecular weight excluding hydrogens is 304 g/mol. The summed E-state index contributed by atoms with van der Waals surface area (Å²) in [7, 11) is 0. The first kappa shape index (κ1) is 14.2. The molecule has 6 heteroatoms. The first-order chi connectivity index (χ1) is 11.8. The Labute approximate surface area is 137 Å². The third-order valence-electron chi connectivity index (χ3n) is 3.68. The van der Waals surface area contributed by atoms with Gasteiger partial charge in [-0.2, -0.15) is 0 Å². The topological polar surface area (TPSA) is 68.5 Å². The third kappa shape index (κ3) is 2.65. The molecule has 118 valence electrons. The van der Waals surface area contributed by atoms with Gasteiger partial charge >= 0.3 is 6.01 Å². The van der Waals surface area contributed by atoms with Gasteiger partial charge in [-0.1, -0.05) is 47.6 Å². The molecule has 0 aliphatic heterocycles. The van der Waals surface area contributed by atoms with Crippen molar-refractivity contribution in [1.82, 2.24) is 14.6 Å². The Kier molecular flexibility index (Phi) is 3.55. The van der Waals surface area contributed by atoms with Gasteiger partial charge in [0, 0.05) is 17.3 Å². The van der Waals surface area contributed by atoms with Crippen LogP contribution in [0.3, 0.4) is 0 Å². The Balaban J connectivity index is 1.48. The molecule has 0 fully saturated rings. The standard InChI is InChI=1S/C18H14N4O2/c23-17(12-24-18-21-20-16-10-3-4-11-22(16)18)19-15-9-5-7-13-6-1-2-8-14(13)15/h1-11H,12H2,(H,19,23). The van der Waals surface area contributed by atoms with Crippen LogP contribution in [0.25, 0.3) is 16.4 Å². The number of nitrogens with zero attached hydrogens (tertiary/aromatic N) is 3. The van der Waals surface area contributed by atoms with Crippen LogP contribution in [0.5, 0.6) is 6.01 Å². The molecule has 24 heavy (non-hydrogen) atoms. The van der Waals surface area contributed by atoms with Crippen molar-refractivity contribution in [2.75, 3.05) is 11.9 Å². The van der Waals surface area contributed by atoms with Gasteiger partial charge in [-0.3, -0.25) is 9.20 Å². The number of carbonyl (C=O) groups is 1. The molecular formula is C18H14N4O2. The van der Waals surface area contributed by atoms with E-state index in [2.05, 4.69) is 15.5 Å². The van der Waals surface area contributed by atoms with E-state index in [1.54, 1.807) is 10.6 Å². The lowest BCUT2D eigenvalue weighted by molar-refractivity contribution is -0.118. The molecule has 2 aromatic carbocycles. The smallest absolute Gasteiger partial charge is 0.322 e. The summed E-state index contributed by atoms with van der Waals surface area (Å²) in [5.74, 6) is -0.251. The van der Waals surface area contributed by atoms with Crippen LogP contribution in [0.15, 0.2) is 66.9 Å². The minimum Gasteiger partial charge on any atom is -0.453 e. The van der Waals surface area contributed by atoms with Gasteiger partial charge in [0.2, 0.25) is 0 Å². The van der Waals surface area contributed by atoms with Crippen LogP contribution < -0.4 is 10.1 Å². The van der Waals surface area contributed by atoms with Crippen LogP contribution in [-0.4, -0.2) is 27.1 Å². The molecule has 2 heterocycles. The Morgan fingerprint density at radius 2 is 1.83 bits per heavy atom. The number of rotatable bonds is 4. The maximum absolute atomic E-state index is 12.2. The molecule has 4 aromatic rings. The van der Waals surface area contributed by atoms with E-state index in [-0.39, 0.29) is 12.5 Å². The molecule has 0 spiro atoms. The second kappa shape index (κ2) is 6.00. The number of amides is 1. The number of benzene rings is 2. The van der Waals surface area contributed by atoms with Crippen molar-refractivity contribution < 1.29 is 9.53 Å². The molecule has 6 nitrogen and oxygen atoms in total. The highest BCUT2D eigenvalue weighted by Crippen LogP contribution is 2.22. The number of aromatic nitrogens is 3. The zero-order chi connectivity index (χ0) is 16.4. The van der Waals surface area contributed by atoms with Gasteiger partial charge in [-0.25, -0.2) is 0 Å². The van der Waals surface area contributed by atoms with E-state index < -0.39 is 0 Å². The van der Waals surface area contributed by atoms with Gasteiger partial charge < -0.3 is 10.1 Å². The maximum atomic E-state index is 12.2. The molecule has 0 saturated heterocycles. The van der Waals surface area contributed by atoms with Crippen LogP contribution in [0.2, 0.25) is 0 Å². The van der Waals surface area contributed by atoms with Crippen molar-refractivity contribution in [3.8, 4) is 6.01 Å². The minimum atomic E-state index is -0.251. The van der Waals surface area contributed by atoms with Crippen molar-refractivity contribution in [3.05, 3.63) is 66.9 Å². The van der Waals surface area contributed by atoms with Crippen molar-refractivity contribution in [2.45, 2.75) is 0 Å². The predicted molar refractivity (Wildman–Crippen MR) is 91.1 cm³/mol. The zero-order valence-corrected chi connectivity index (χ0v) is 12.7. The number of fused-ring (bicyclic) bond motifs is 2. The molecule has 0 unspecified atom stereocenters. The van der Waals surface area contributed by atoms with Gasteiger partial charge in [0.05, 0.1) is 0 Å². The average Bonchev–Trinajstić information content (AvgIpc) is 3.04. The quantitative estimate of drug-likeness (QED) is 0.628. The van der Waals surface area contributed by atoms with E-state index >= 15 is 0 Å². The highest BCUT2D eigenvalue weighted by atomic mass is 16.5. The fraction of sp³-hybridized carbons (Fsp3) is 0.0556. The second-order valence-corrected chi connectivity index (χ2v) is 5.27. The van der Waals surface area contributed by atoms with E-state index in [1.165, 1.54) is 0 Å². The SMILES string of the molecule is O=C(COc1nnc2ccccn12)Nc1cccc2ccccc12. The van der Waals surface area contributed by atoms with E-state index in [0.29, 0.717) is 11.7 Å². The highest BCUT2D eigenvalue weighted by Gasteiger charge is 2.10. The summed E-state index contributed by atoms with van der Waals surface area (Å²) in [6, 6.07) is 19.5. The lowest BCUT2D eigenvalue weighted by Crippen LogP contribution is -2.21. The van der Waals surface area contributed by atoms with Crippen molar-refractivity contribution in [1.29, 1.82) is 0 Å². The lowest BCUT2D eigenvalue weighted by atomic mass is 10.1. The predicted octanol–water partition coefficient (Wildman–Crippen LogP) is 2.90. The molecule has 1 amide bonds. The van der Waals surface area contributed by atoms with Crippen LogP contribution in [-0.2, 0) is 4.79 Å². The van der Waals surface area contributed by atoms with Crippen molar-refractivity contribution in [2.24, 2.45) is 0 Å². The van der Waals surface area contributed by atoms with Crippen molar-refractivity contribution in [3.63, 3.8) is 0 Å². The van der Waals surface area contributed by atoms with E-state index in [4.69, 9.17) is 4.74 Å². The molecule has 0 bridgehead atoms. The molecule has 4 rings (SSSR count). The second-order valence-electron chi connectivity index (χ2n) is 5.27. The van der Waals surface area contributed by atoms with E-state index in [0.717, 1.165) is 16.5 Å². The minimum absolute atomic E-state index is 0.140. The normalized spacial score (nSPS) is 10.8. The van der Waals surface area contributed by atoms with Crippen LogP contribution in [0, 0.1) is 0 Å². The first-order valence-corrected chi connectivity index (χ1v) is 7.51. The van der Waals surface area contributed by atoms with Crippen LogP contribution in [0.1, 0.15) is 0 Å². The number of pyridine rings is 1. The number of anilines is 1. The summed E-state index contributed by atoms with van der Waals surface area (Å²) in [6.45, 7) is -0.140. The largest absolute Gasteiger partial charge is 0.453 e. The van der Waals surface area contributed by atoms with Gasteiger partial charge in [-0.05, 0) is 23.6 Å². The summed E-state index contributed by atoms with van der Waals surface area (Å²) in [6.07, 6.45) is 1.78. The van der Waals surface area contributed by atoms with Crippen LogP contribution in [0.4, 0.5) is 5.69 Å². The molecule has 1 N–H and O–H groups in total. The summed E-state index contributed by atoms with van der Waals surface area (Å²) in [4.78, 5) is 12.2. The van der Waals surface area contributed by atoms with Gasteiger partial charge in [0.25, 0.3) is 5.91 Å². The number of ether oxygens (including phenoxy) is 1. The molecule has 0 atom stereocenters. The molecule has 2 aromatic heterocycles. The fourth-order valence-corrected chi connectivity index (χ4v) is 2.57. The monoisotopic (exact) mass is 318 g/mol. The lowest BCUT2D eigenvalue weighted by Gasteiger charge is -2.09. The van der Waals surface area contributed by atoms with Gasteiger partial charge in [-0.15, -0.1) is 5.10 Å². The summed E-state index contributed by atoms with van der Waals surface area (Å²) >= 11 is 0. The first-order valence-electron chi connectivity index (χ1n) is 7.51. The van der Waals surface area contributed by atoms with E-state index in [1.807, 2.05) is 60.7 Å². The zero-order valence-electron chi connectivity index (χ0n) is 12.7. The third-order valence-corrected chi connectivity index (χ3v) is 3.68. The average molecular weight is 318 g/mol. The molecule has 0 aliphatic rings. The Hall–Kier alpha value is -3.41. The number of nitrogens with one attached hydrogen (secondary N) is 1. The van der Waals surface area contributed by atoms with Gasteiger partial charge in [0.15, 0.2) is 12.3 Å². The van der Waals surface area contributed by atoms with Crippen molar-refractivity contribution >= 4 is 28.0 Å². The Morgan fingerprint density at radius 3 is 2.79 bits per heavy atom.